The van der Waals surface area contributed by atoms with Crippen molar-refractivity contribution in [3.8, 4) is 47.2 Å². The molecule has 12 aromatic rings. The number of hydrogen-bond donors (Lipinski definition) is 5. The van der Waals surface area contributed by atoms with Crippen LogP contribution in [0.1, 0.15) is 79.4 Å². The third-order valence-corrected chi connectivity index (χ3v) is 26.2. The number of aliphatic hydroxyl groups is 2. The number of terminal acetylenes is 1. The number of aromatic hydroxyl groups is 2. The van der Waals surface area contributed by atoms with Crippen molar-refractivity contribution in [2.24, 2.45) is 0 Å². The number of aromatic nitrogens is 2. The maximum Gasteiger partial charge on any atom is 0.534 e. The molecule has 14 rings (SSSR count). The van der Waals surface area contributed by atoms with E-state index in [0.29, 0.717) is 52.3 Å². The number of carbonyl (C=O) groups excluding carboxylic acids is 3. The number of aryl methyl sites for hydroxylation is 2. The molecule has 614 valence electrons. The minimum Gasteiger partial charge on any atom is -0.508 e. The molecule has 117 heavy (non-hydrogen) atoms. The van der Waals surface area contributed by atoms with Crippen LogP contribution in [0.5, 0.6) is 23.0 Å². The van der Waals surface area contributed by atoms with E-state index in [2.05, 4.69) is 100 Å². The molecule has 19 nitrogen and oxygen atoms in total. The molecule has 4 N–H and O–H groups in total. The van der Waals surface area contributed by atoms with Crippen LogP contribution in [0.15, 0.2) is 264 Å². The van der Waals surface area contributed by atoms with Gasteiger partial charge in [0.05, 0.1) is 64.0 Å². The molecule has 2 saturated heterocycles. The number of aldehydes is 3. The van der Waals surface area contributed by atoms with E-state index >= 15 is 0 Å². The lowest BCUT2D eigenvalue weighted by atomic mass is 10.2. The van der Waals surface area contributed by atoms with Gasteiger partial charge in [-0.05, 0) is 233 Å². The summed E-state index contributed by atoms with van der Waals surface area (Å²) in [7, 11) is -11.3. The van der Waals surface area contributed by atoms with Crippen LogP contribution in [-0.2, 0) is 39.2 Å². The highest BCUT2D eigenvalue weighted by Crippen LogP contribution is 2.43. The molecule has 0 saturated carbocycles. The van der Waals surface area contributed by atoms with Gasteiger partial charge in [-0.3, -0.25) is 24.4 Å². The van der Waals surface area contributed by atoms with E-state index in [4.69, 9.17) is 45.8 Å². The Morgan fingerprint density at radius 3 is 1.16 bits per heavy atom. The molecule has 0 atom stereocenters. The van der Waals surface area contributed by atoms with Gasteiger partial charge in [-0.15, -0.1) is 75.7 Å². The minimum absolute atomic E-state index is 0.125. The summed E-state index contributed by atoms with van der Waals surface area (Å²) in [6.07, 6.45) is 10.4. The summed E-state index contributed by atoms with van der Waals surface area (Å²) in [5, 5.41) is 42.6. The quantitative estimate of drug-likeness (QED) is 0.0133. The van der Waals surface area contributed by atoms with Crippen LogP contribution in [0.2, 0.25) is 0 Å². The number of ether oxygens (including phenoxy) is 4. The third kappa shape index (κ3) is 32.7. The number of thiophene rings is 5. The van der Waals surface area contributed by atoms with Crippen molar-refractivity contribution in [1.82, 2.24) is 9.97 Å². The first kappa shape index (κ1) is 95.8. The van der Waals surface area contributed by atoms with Crippen molar-refractivity contribution < 1.29 is 105 Å². The smallest absolute Gasteiger partial charge is 0.508 e. The number of benzene rings is 5. The van der Waals surface area contributed by atoms with E-state index in [0.717, 1.165) is 96.3 Å². The normalized spacial score (nSPS) is 12.4. The fourth-order valence-corrected chi connectivity index (χ4v) is 18.3. The Hall–Kier alpha value is -8.30. The topological polar surface area (TPSA) is 282 Å². The second kappa shape index (κ2) is 48.7. The molecule has 0 aliphatic carbocycles. The predicted octanol–water partition coefficient (Wildman–Crippen LogP) is 20.9. The number of thiol groups is 1. The number of carbonyl (C=O) groups is 3. The lowest BCUT2D eigenvalue weighted by Crippen LogP contribution is -2.28. The van der Waals surface area contributed by atoms with E-state index < -0.39 is 49.0 Å². The molecule has 0 radical (unpaired) electrons. The number of alkyl halides is 6. The Bertz CT molecular complexity index is 5410. The van der Waals surface area contributed by atoms with Crippen LogP contribution in [0.3, 0.4) is 0 Å². The van der Waals surface area contributed by atoms with Gasteiger partial charge >= 0.3 is 31.3 Å². The van der Waals surface area contributed by atoms with Crippen molar-refractivity contribution in [2.45, 2.75) is 81.5 Å². The van der Waals surface area contributed by atoms with Crippen LogP contribution in [-0.4, -0.2) is 117 Å². The predicted molar refractivity (Wildman–Crippen MR) is 451 cm³/mol. The first-order valence-corrected chi connectivity index (χ1v) is 44.9. The van der Waals surface area contributed by atoms with Crippen LogP contribution in [0.4, 0.5) is 26.3 Å². The standard InChI is InChI=1S/C21H17NO2S2.C14H11F3O5S3.C12H7F3O4S3.C11H8O2S2.C8H7N.C6H6OS.C5H3BrOS.C2H6O2/c1-15-14-17(8-10-22-15)3-2-16-4-6-18(7-5-16)26-19-9-13-25-20(19)21-23-11-12-24-21;15-14(16,17)25(18,19)22-9-1-3-10(4-2-9)24-11-5-8-23-12(11)13-20-6-7-21-13;13-12(14,15)22(17,18)19-8-1-3-9(4-2-8)21-10-5-6-20-11(10)7-16;12-7-11-10(5-6-14-11)15-9-3-1-8(13)2-4-9;1-3-8-4-5-9-7(2)6-8;7-5-1-3-6(8)4-2-5;6-4-1-2-8-5(4)3-7;3-1-2-4/h4-10,13-14,21H,11-12H2,1H3;1-5,8,13H,6-7H2;1-7H;1-7,13H;1,4-6H,2H3;1-4,7-8H;1-3H;3-4H,1-2H2. The Morgan fingerprint density at radius 1 is 0.487 bits per heavy atom. The summed E-state index contributed by atoms with van der Waals surface area (Å²) >= 11 is 20.4. The Morgan fingerprint density at radius 2 is 0.821 bits per heavy atom. The van der Waals surface area contributed by atoms with Gasteiger partial charge in [0.15, 0.2) is 31.4 Å². The Labute approximate surface area is 720 Å². The summed E-state index contributed by atoms with van der Waals surface area (Å²) < 4.78 is 148. The summed E-state index contributed by atoms with van der Waals surface area (Å²) in [4.78, 5) is 51.9. The number of phenols is 2. The van der Waals surface area contributed by atoms with E-state index in [1.807, 2.05) is 84.6 Å². The lowest BCUT2D eigenvalue weighted by molar-refractivity contribution is -0.0504. The second-order valence-electron chi connectivity index (χ2n) is 22.3. The highest BCUT2D eigenvalue weighted by molar-refractivity contribution is 9.10. The summed E-state index contributed by atoms with van der Waals surface area (Å²) in [6, 6.07) is 49.3. The Balaban J connectivity index is 0.000000195. The van der Waals surface area contributed by atoms with Gasteiger partial charge < -0.3 is 47.7 Å². The molecular weight excluding hydrogens is 1830 g/mol. The fraction of sp³-hybridized carbons (Fsp3) is 0.152. The van der Waals surface area contributed by atoms with E-state index in [1.54, 1.807) is 83.3 Å². The largest absolute Gasteiger partial charge is 0.534 e. The molecule has 2 aliphatic heterocycles. The SMILES string of the molecule is C#Cc1ccnc(C)c1.Cc1cc(C#Cc2ccc(Sc3ccsc3C3OCCO3)cc2)ccn1.O=Cc1sccc1Br.O=Cc1sccc1Sc1ccc(O)cc1.O=Cc1sccc1Sc1ccc(OS(=O)(=O)C(F)(F)F)cc1.O=S(=O)(Oc1ccc(Sc2ccsc2C2OCCO2)cc1)C(F)(F)F.OCCO.Oc1ccc(S)cc1. The number of phenolic OH excluding ortho intramolecular Hbond substituents is 2. The van der Waals surface area contributed by atoms with Gasteiger partial charge in [-0.2, -0.15) is 43.2 Å². The van der Waals surface area contributed by atoms with Crippen LogP contribution in [0.25, 0.3) is 0 Å². The van der Waals surface area contributed by atoms with Crippen LogP contribution in [0, 0.1) is 38.0 Å². The molecule has 38 heteroatoms. The maximum absolute atomic E-state index is 12.3. The molecule has 0 bridgehead atoms. The number of halogens is 7. The summed E-state index contributed by atoms with van der Waals surface area (Å²) in [5.41, 5.74) is -6.13. The molecule has 9 heterocycles. The van der Waals surface area contributed by atoms with Crippen molar-refractivity contribution >= 4 is 171 Å². The molecule has 0 spiro atoms. The van der Waals surface area contributed by atoms with Gasteiger partial charge in [-0.25, -0.2) is 0 Å². The monoisotopic (exact) mass is 1890 g/mol. The maximum atomic E-state index is 12.3. The molecule has 0 amide bonds. The van der Waals surface area contributed by atoms with Gasteiger partial charge in [0.1, 0.15) is 23.0 Å². The molecule has 7 aromatic heterocycles. The van der Waals surface area contributed by atoms with E-state index in [1.165, 1.54) is 127 Å². The molecule has 0 unspecified atom stereocenters. The number of pyridine rings is 2. The van der Waals surface area contributed by atoms with E-state index in [-0.39, 0.29) is 31.0 Å². The summed E-state index contributed by atoms with van der Waals surface area (Å²) in [5.74, 6) is 8.60. The van der Waals surface area contributed by atoms with Gasteiger partial charge in [-0.1, -0.05) is 64.8 Å². The number of nitrogens with zero attached hydrogens (tertiary/aromatic N) is 2. The van der Waals surface area contributed by atoms with Crippen molar-refractivity contribution in [2.75, 3.05) is 39.6 Å². The van der Waals surface area contributed by atoms with Crippen molar-refractivity contribution in [3.63, 3.8) is 0 Å². The second-order valence-corrected chi connectivity index (χ2v) is 35.9. The first-order chi connectivity index (χ1) is 55.9. The highest BCUT2D eigenvalue weighted by atomic mass is 79.9. The number of aliphatic hydroxyl groups excluding tert-OH is 2. The lowest BCUT2D eigenvalue weighted by Gasteiger charge is -2.11. The Kier molecular flexibility index (Phi) is 39.9. The van der Waals surface area contributed by atoms with E-state index in [9.17, 15) is 57.6 Å². The van der Waals surface area contributed by atoms with Gasteiger partial charge in [0.2, 0.25) is 0 Å². The number of hydrogen-bond acceptors (Lipinski definition) is 29. The zero-order valence-electron chi connectivity index (χ0n) is 60.6. The van der Waals surface area contributed by atoms with Crippen molar-refractivity contribution in [1.29, 1.82) is 0 Å². The number of rotatable bonds is 18. The first-order valence-electron chi connectivity index (χ1n) is 33.1. The third-order valence-electron chi connectivity index (χ3n) is 13.8. The average molecular weight is 1890 g/mol. The van der Waals surface area contributed by atoms with Crippen LogP contribution >= 0.6 is 132 Å². The summed E-state index contributed by atoms with van der Waals surface area (Å²) in [6.45, 7) is 6.01. The molecule has 5 aromatic carbocycles. The zero-order chi connectivity index (χ0) is 85.0. The van der Waals surface area contributed by atoms with Gasteiger partial charge in [0, 0.05) is 89.0 Å². The van der Waals surface area contributed by atoms with Crippen LogP contribution < -0.4 is 8.37 Å². The van der Waals surface area contributed by atoms with Gasteiger partial charge in [0.25, 0.3) is 0 Å². The molecule has 2 fully saturated rings. The zero-order valence-corrected chi connectivity index (χ0v) is 72.0. The fourth-order valence-electron chi connectivity index (χ4n) is 8.46. The van der Waals surface area contributed by atoms with Crippen molar-refractivity contribution in [3.05, 3.63) is 272 Å². The highest BCUT2D eigenvalue weighted by Gasteiger charge is 2.49. The minimum atomic E-state index is -5.68. The molecule has 2 aliphatic rings. The average Bonchev–Trinajstić information content (AvgIpc) is 1.13. The molecular formula is C79H65BrF6N2O17S12.